The van der Waals surface area contributed by atoms with Crippen molar-refractivity contribution in [1.29, 1.82) is 0 Å². The highest BCUT2D eigenvalue weighted by atomic mass is 14.7. The minimum absolute atomic E-state index is 1.06. The smallest absolute Gasteiger partial charge is 0.0163 e. The number of hydrogen-bond donors (Lipinski definition) is 0. The van der Waals surface area contributed by atoms with Crippen LogP contribution in [-0.4, -0.2) is 0 Å². The third kappa shape index (κ3) is 0.879. The summed E-state index contributed by atoms with van der Waals surface area (Å²) in [6, 6.07) is 0. The molecule has 0 aromatic heterocycles. The summed E-state index contributed by atoms with van der Waals surface area (Å²) in [5.74, 6) is 8.68. The highest BCUT2D eigenvalue weighted by Crippen LogP contribution is 2.71. The summed E-state index contributed by atoms with van der Waals surface area (Å²) in [6.45, 7) is 0. The lowest BCUT2D eigenvalue weighted by molar-refractivity contribution is 0.363. The molecule has 0 N–H and O–H groups in total. The van der Waals surface area contributed by atoms with Crippen molar-refractivity contribution in [2.24, 2.45) is 47.3 Å². The van der Waals surface area contributed by atoms with Crippen molar-refractivity contribution >= 4 is 0 Å². The maximum Gasteiger partial charge on any atom is -0.0163 e. The summed E-state index contributed by atoms with van der Waals surface area (Å²) in [6.07, 6.45) is 12.4. The van der Waals surface area contributed by atoms with Crippen LogP contribution in [0.3, 0.4) is 0 Å². The van der Waals surface area contributed by atoms with E-state index < -0.39 is 0 Å². The van der Waals surface area contributed by atoms with Crippen molar-refractivity contribution in [3.05, 3.63) is 22.3 Å². The molecule has 7 rings (SSSR count). The van der Waals surface area contributed by atoms with Gasteiger partial charge in [0, 0.05) is 0 Å². The Morgan fingerprint density at radius 1 is 0.450 bits per heavy atom. The minimum atomic E-state index is 1.06. The summed E-state index contributed by atoms with van der Waals surface area (Å²) < 4.78 is 0. The Labute approximate surface area is 121 Å². The van der Waals surface area contributed by atoms with Crippen LogP contribution in [0.5, 0.6) is 0 Å². The Morgan fingerprint density at radius 2 is 0.750 bits per heavy atom. The lowest BCUT2D eigenvalue weighted by Crippen LogP contribution is -2.14. The van der Waals surface area contributed by atoms with Gasteiger partial charge in [-0.1, -0.05) is 22.3 Å². The van der Waals surface area contributed by atoms with Crippen LogP contribution in [0.1, 0.15) is 51.4 Å². The SMILES string of the molecule is C1/C2=C3\CC4C/C(=C5\CC1C1C2CCC51)C1CCC3C41. The van der Waals surface area contributed by atoms with E-state index in [1.54, 1.807) is 51.4 Å². The largest absolute Gasteiger partial charge is 0.0670 e. The molecule has 6 saturated carbocycles. The Bertz CT molecular complexity index is 504. The molecular weight excluding hydrogens is 240 g/mol. The summed E-state index contributed by atoms with van der Waals surface area (Å²) >= 11 is 0. The second-order valence-electron chi connectivity index (χ2n) is 9.17. The second-order valence-corrected chi connectivity index (χ2v) is 9.17. The molecule has 0 aromatic rings. The third-order valence-electron chi connectivity index (χ3n) is 9.07. The van der Waals surface area contributed by atoms with Gasteiger partial charge in [-0.2, -0.15) is 0 Å². The van der Waals surface area contributed by atoms with Crippen LogP contribution >= 0.6 is 0 Å². The minimum Gasteiger partial charge on any atom is -0.0670 e. The molecule has 0 amide bonds. The molecule has 0 heterocycles. The van der Waals surface area contributed by atoms with Gasteiger partial charge < -0.3 is 0 Å². The Balaban J connectivity index is 1.61. The molecule has 0 nitrogen and oxygen atoms in total. The summed E-state index contributed by atoms with van der Waals surface area (Å²) in [5.41, 5.74) is 8.24. The molecule has 4 atom stereocenters. The van der Waals surface area contributed by atoms with E-state index in [-0.39, 0.29) is 0 Å². The number of rotatable bonds is 0. The topological polar surface area (TPSA) is 0 Å². The van der Waals surface area contributed by atoms with Gasteiger partial charge in [-0.25, -0.2) is 0 Å². The third-order valence-corrected chi connectivity index (χ3v) is 9.07. The van der Waals surface area contributed by atoms with Crippen LogP contribution in [0, 0.1) is 47.3 Å². The molecule has 0 saturated heterocycles. The molecule has 0 radical (unpaired) electrons. The van der Waals surface area contributed by atoms with Gasteiger partial charge in [0.05, 0.1) is 0 Å². The molecule has 0 heteroatoms. The first-order chi connectivity index (χ1) is 9.90. The van der Waals surface area contributed by atoms with Gasteiger partial charge in [0.2, 0.25) is 0 Å². The zero-order valence-electron chi connectivity index (χ0n) is 12.3. The number of allylic oxidation sites excluding steroid dienone is 4. The van der Waals surface area contributed by atoms with Crippen LogP contribution in [-0.2, 0) is 0 Å². The zero-order chi connectivity index (χ0) is 12.6. The maximum absolute atomic E-state index is 2.06. The van der Waals surface area contributed by atoms with Gasteiger partial charge in [0.15, 0.2) is 0 Å². The van der Waals surface area contributed by atoms with Gasteiger partial charge in [-0.3, -0.25) is 0 Å². The van der Waals surface area contributed by atoms with E-state index in [1.165, 1.54) is 0 Å². The van der Waals surface area contributed by atoms with Crippen LogP contribution in [0.15, 0.2) is 22.3 Å². The van der Waals surface area contributed by atoms with E-state index in [4.69, 9.17) is 0 Å². The summed E-state index contributed by atoms with van der Waals surface area (Å²) in [4.78, 5) is 0. The summed E-state index contributed by atoms with van der Waals surface area (Å²) in [7, 11) is 0. The average molecular weight is 264 g/mol. The van der Waals surface area contributed by atoms with E-state index in [9.17, 15) is 0 Å². The van der Waals surface area contributed by atoms with Gasteiger partial charge in [0.25, 0.3) is 0 Å². The first-order valence-electron chi connectivity index (χ1n) is 9.33. The lowest BCUT2D eigenvalue weighted by atomic mass is 9.82. The van der Waals surface area contributed by atoms with Gasteiger partial charge >= 0.3 is 0 Å². The molecule has 0 spiro atoms. The molecule has 4 unspecified atom stereocenters. The maximum atomic E-state index is 2.06. The predicted molar refractivity (Wildman–Crippen MR) is 78.9 cm³/mol. The van der Waals surface area contributed by atoms with Crippen LogP contribution in [0.2, 0.25) is 0 Å². The predicted octanol–water partition coefficient (Wildman–Crippen LogP) is 4.73. The van der Waals surface area contributed by atoms with E-state index in [0.717, 1.165) is 47.3 Å². The van der Waals surface area contributed by atoms with Crippen molar-refractivity contribution < 1.29 is 0 Å². The average Bonchev–Trinajstić information content (AvgIpc) is 3.16. The fraction of sp³-hybridized carbons (Fsp3) is 0.800. The molecule has 7 aliphatic rings. The van der Waals surface area contributed by atoms with E-state index in [1.807, 2.05) is 0 Å². The Kier molecular flexibility index (Phi) is 1.53. The molecule has 20 heavy (non-hydrogen) atoms. The highest BCUT2D eigenvalue weighted by Gasteiger charge is 2.61. The van der Waals surface area contributed by atoms with Crippen molar-refractivity contribution in [1.82, 2.24) is 0 Å². The lowest BCUT2D eigenvalue weighted by Gasteiger charge is -2.23. The van der Waals surface area contributed by atoms with Crippen LogP contribution in [0.4, 0.5) is 0 Å². The zero-order valence-corrected chi connectivity index (χ0v) is 12.3. The van der Waals surface area contributed by atoms with E-state index in [0.29, 0.717) is 0 Å². The molecule has 6 fully saturated rings. The summed E-state index contributed by atoms with van der Waals surface area (Å²) in [5, 5.41) is 0. The molecule has 7 aliphatic carbocycles. The molecule has 0 aromatic carbocycles. The molecule has 0 aliphatic heterocycles. The van der Waals surface area contributed by atoms with E-state index in [2.05, 4.69) is 22.3 Å². The molecular formula is C20H24. The van der Waals surface area contributed by atoms with Crippen molar-refractivity contribution in [2.45, 2.75) is 51.4 Å². The van der Waals surface area contributed by atoms with Crippen molar-refractivity contribution in [2.75, 3.05) is 0 Å². The second kappa shape index (κ2) is 2.99. The first-order valence-corrected chi connectivity index (χ1v) is 9.33. The number of hydrogen-bond acceptors (Lipinski definition) is 0. The Hall–Kier alpha value is -0.520. The van der Waals surface area contributed by atoms with Crippen LogP contribution < -0.4 is 0 Å². The monoisotopic (exact) mass is 264 g/mol. The highest BCUT2D eigenvalue weighted by molar-refractivity contribution is 5.44. The quantitative estimate of drug-likeness (QED) is 0.555. The molecule has 104 valence electrons. The van der Waals surface area contributed by atoms with Crippen molar-refractivity contribution in [3.63, 3.8) is 0 Å². The van der Waals surface area contributed by atoms with Gasteiger partial charge in [0.1, 0.15) is 0 Å². The fourth-order valence-electron chi connectivity index (χ4n) is 8.89. The van der Waals surface area contributed by atoms with E-state index >= 15 is 0 Å². The van der Waals surface area contributed by atoms with Gasteiger partial charge in [-0.15, -0.1) is 0 Å². The van der Waals surface area contributed by atoms with Crippen molar-refractivity contribution in [3.8, 4) is 0 Å². The Morgan fingerprint density at radius 3 is 1.05 bits per heavy atom. The molecule has 10 bridgehead atoms. The standard InChI is InChI=1S/C20H24/c1-2-12-16-6-9-5-15(11(1)19(9)12)17-7-10-8-18(16)14-4-3-13(17)20(10)14/h9-14,19-20H,1-8H2/b17-15-,18-16-. The van der Waals surface area contributed by atoms with Gasteiger partial charge in [-0.05, 0) is 98.7 Å². The van der Waals surface area contributed by atoms with Crippen LogP contribution in [0.25, 0.3) is 0 Å². The fourth-order valence-corrected chi connectivity index (χ4v) is 8.89. The normalized spacial score (nSPS) is 67.2. The first kappa shape index (κ1) is 10.2.